The van der Waals surface area contributed by atoms with Gasteiger partial charge >= 0.3 is 5.97 Å². The van der Waals surface area contributed by atoms with Crippen molar-refractivity contribution in [2.45, 2.75) is 33.6 Å². The third kappa shape index (κ3) is 3.10. The van der Waals surface area contributed by atoms with Crippen molar-refractivity contribution in [1.82, 2.24) is 0 Å². The lowest BCUT2D eigenvalue weighted by atomic mass is 9.94. The third-order valence-corrected chi connectivity index (χ3v) is 2.93. The SMILES string of the molecule is CCOC(=O)C(=O)c1c(CC)cc(Cl)cc1CC. The minimum Gasteiger partial charge on any atom is -0.460 e. The molecule has 0 aliphatic rings. The van der Waals surface area contributed by atoms with E-state index in [1.54, 1.807) is 19.1 Å². The molecule has 1 aromatic carbocycles. The maximum atomic E-state index is 12.1. The van der Waals surface area contributed by atoms with E-state index in [1.165, 1.54) is 0 Å². The summed E-state index contributed by atoms with van der Waals surface area (Å²) in [7, 11) is 0. The molecule has 1 rings (SSSR count). The molecular formula is C14H17ClO3. The highest BCUT2D eigenvalue weighted by molar-refractivity contribution is 6.41. The monoisotopic (exact) mass is 268 g/mol. The van der Waals surface area contributed by atoms with E-state index in [4.69, 9.17) is 16.3 Å². The Bertz CT molecular complexity index is 441. The van der Waals surface area contributed by atoms with Gasteiger partial charge < -0.3 is 4.74 Å². The minimum atomic E-state index is -0.802. The van der Waals surface area contributed by atoms with Crippen LogP contribution in [-0.2, 0) is 22.4 Å². The Labute approximate surface area is 112 Å². The van der Waals surface area contributed by atoms with Crippen molar-refractivity contribution in [1.29, 1.82) is 0 Å². The Kier molecular flexibility index (Phi) is 5.35. The smallest absolute Gasteiger partial charge is 0.379 e. The molecule has 3 nitrogen and oxygen atoms in total. The fourth-order valence-electron chi connectivity index (χ4n) is 1.87. The second-order valence-corrected chi connectivity index (χ2v) is 4.29. The lowest BCUT2D eigenvalue weighted by molar-refractivity contribution is -0.137. The van der Waals surface area contributed by atoms with Crippen LogP contribution in [0.15, 0.2) is 12.1 Å². The van der Waals surface area contributed by atoms with Gasteiger partial charge in [0.05, 0.1) is 6.61 Å². The van der Waals surface area contributed by atoms with Gasteiger partial charge in [0.25, 0.3) is 5.78 Å². The molecule has 0 amide bonds. The van der Waals surface area contributed by atoms with Crippen LogP contribution in [0.5, 0.6) is 0 Å². The van der Waals surface area contributed by atoms with E-state index in [2.05, 4.69) is 0 Å². The molecule has 0 aliphatic heterocycles. The number of ether oxygens (including phenoxy) is 1. The van der Waals surface area contributed by atoms with Crippen molar-refractivity contribution in [3.05, 3.63) is 33.8 Å². The van der Waals surface area contributed by atoms with Crippen molar-refractivity contribution >= 4 is 23.4 Å². The molecule has 0 bridgehead atoms. The van der Waals surface area contributed by atoms with Gasteiger partial charge in [-0.1, -0.05) is 25.4 Å². The van der Waals surface area contributed by atoms with Crippen molar-refractivity contribution in [2.24, 2.45) is 0 Å². The molecule has 4 heteroatoms. The number of hydrogen-bond acceptors (Lipinski definition) is 3. The topological polar surface area (TPSA) is 43.4 Å². The summed E-state index contributed by atoms with van der Waals surface area (Å²) in [6.45, 7) is 5.72. The van der Waals surface area contributed by atoms with E-state index < -0.39 is 11.8 Å². The Hall–Kier alpha value is -1.35. The summed E-state index contributed by atoms with van der Waals surface area (Å²) < 4.78 is 4.77. The lowest BCUT2D eigenvalue weighted by Gasteiger charge is -2.12. The van der Waals surface area contributed by atoms with Gasteiger partial charge in [-0.05, 0) is 43.0 Å². The molecule has 0 heterocycles. The van der Waals surface area contributed by atoms with Crippen LogP contribution in [0.25, 0.3) is 0 Å². The third-order valence-electron chi connectivity index (χ3n) is 2.72. The molecule has 0 aliphatic carbocycles. The molecule has 0 N–H and O–H groups in total. The Morgan fingerprint density at radius 2 is 1.61 bits per heavy atom. The number of aryl methyl sites for hydroxylation is 2. The zero-order chi connectivity index (χ0) is 13.7. The van der Waals surface area contributed by atoms with Gasteiger partial charge in [-0.2, -0.15) is 0 Å². The number of hydrogen-bond donors (Lipinski definition) is 0. The molecule has 0 radical (unpaired) electrons. The predicted molar refractivity (Wildman–Crippen MR) is 71.2 cm³/mol. The number of carbonyl (C=O) groups is 2. The van der Waals surface area contributed by atoms with Gasteiger partial charge in [0.2, 0.25) is 0 Å². The van der Waals surface area contributed by atoms with Gasteiger partial charge in [0.1, 0.15) is 0 Å². The quantitative estimate of drug-likeness (QED) is 0.468. The van der Waals surface area contributed by atoms with Gasteiger partial charge in [0.15, 0.2) is 0 Å². The van der Waals surface area contributed by atoms with E-state index in [0.717, 1.165) is 11.1 Å². The number of ketones is 1. The van der Waals surface area contributed by atoms with Crippen LogP contribution in [-0.4, -0.2) is 18.4 Å². The second-order valence-electron chi connectivity index (χ2n) is 3.86. The van der Waals surface area contributed by atoms with Crippen LogP contribution in [0.4, 0.5) is 0 Å². The average molecular weight is 269 g/mol. The average Bonchev–Trinajstić information content (AvgIpc) is 2.36. The Morgan fingerprint density at radius 1 is 1.11 bits per heavy atom. The molecule has 98 valence electrons. The molecule has 0 saturated carbocycles. The van der Waals surface area contributed by atoms with Gasteiger partial charge in [0, 0.05) is 10.6 Å². The van der Waals surface area contributed by atoms with E-state index in [0.29, 0.717) is 23.4 Å². The van der Waals surface area contributed by atoms with Gasteiger partial charge in [-0.25, -0.2) is 4.79 Å². The van der Waals surface area contributed by atoms with Gasteiger partial charge in [-0.3, -0.25) is 4.79 Å². The normalized spacial score (nSPS) is 10.2. The van der Waals surface area contributed by atoms with E-state index in [-0.39, 0.29) is 6.61 Å². The van der Waals surface area contributed by atoms with Crippen LogP contribution in [0, 0.1) is 0 Å². The Balaban J connectivity index is 3.28. The summed E-state index contributed by atoms with van der Waals surface area (Å²) in [5.41, 5.74) is 2.03. The number of esters is 1. The molecule has 0 unspecified atom stereocenters. The van der Waals surface area contributed by atoms with Crippen molar-refractivity contribution < 1.29 is 14.3 Å². The van der Waals surface area contributed by atoms with Crippen LogP contribution >= 0.6 is 11.6 Å². The molecule has 0 atom stereocenters. The standard InChI is InChI=1S/C14H17ClO3/c1-4-9-7-11(15)8-10(5-2)12(9)13(16)14(17)18-6-3/h7-8H,4-6H2,1-3H3. The molecule has 0 spiro atoms. The maximum Gasteiger partial charge on any atom is 0.379 e. The maximum absolute atomic E-state index is 12.1. The first-order chi connectivity index (χ1) is 8.54. The summed E-state index contributed by atoms with van der Waals surface area (Å²) in [6, 6.07) is 3.46. The molecule has 1 aromatic rings. The summed E-state index contributed by atoms with van der Waals surface area (Å²) in [6.07, 6.45) is 1.29. The summed E-state index contributed by atoms with van der Waals surface area (Å²) >= 11 is 6.00. The predicted octanol–water partition coefficient (Wildman–Crippen LogP) is 3.21. The van der Waals surface area contributed by atoms with Crippen molar-refractivity contribution in [3.8, 4) is 0 Å². The lowest BCUT2D eigenvalue weighted by Crippen LogP contribution is -2.20. The largest absolute Gasteiger partial charge is 0.460 e. The molecule has 0 fully saturated rings. The molecule has 18 heavy (non-hydrogen) atoms. The fraction of sp³-hybridized carbons (Fsp3) is 0.429. The first kappa shape index (κ1) is 14.7. The highest BCUT2D eigenvalue weighted by atomic mass is 35.5. The van der Waals surface area contributed by atoms with Crippen LogP contribution < -0.4 is 0 Å². The summed E-state index contributed by atoms with van der Waals surface area (Å²) in [4.78, 5) is 23.6. The number of carbonyl (C=O) groups excluding carboxylic acids is 2. The Morgan fingerprint density at radius 3 is 2.00 bits per heavy atom. The number of halogens is 1. The van der Waals surface area contributed by atoms with Crippen molar-refractivity contribution in [2.75, 3.05) is 6.61 Å². The first-order valence-corrected chi connectivity index (χ1v) is 6.45. The highest BCUT2D eigenvalue weighted by Gasteiger charge is 2.23. The van der Waals surface area contributed by atoms with Crippen LogP contribution in [0.3, 0.4) is 0 Å². The number of benzene rings is 1. The highest BCUT2D eigenvalue weighted by Crippen LogP contribution is 2.23. The molecule has 0 aromatic heterocycles. The number of Topliss-reactive ketones (excluding diaryl/α,β-unsaturated/α-hetero) is 1. The van der Waals surface area contributed by atoms with Crippen molar-refractivity contribution in [3.63, 3.8) is 0 Å². The minimum absolute atomic E-state index is 0.196. The summed E-state index contributed by atoms with van der Waals surface area (Å²) in [5.74, 6) is -1.38. The molecule has 0 saturated heterocycles. The van der Waals surface area contributed by atoms with Gasteiger partial charge in [-0.15, -0.1) is 0 Å². The zero-order valence-electron chi connectivity index (χ0n) is 10.9. The zero-order valence-corrected chi connectivity index (χ0v) is 11.6. The van der Waals surface area contributed by atoms with Crippen LogP contribution in [0.1, 0.15) is 42.3 Å². The van der Waals surface area contributed by atoms with E-state index in [9.17, 15) is 9.59 Å². The van der Waals surface area contributed by atoms with Crippen LogP contribution in [0.2, 0.25) is 5.02 Å². The number of rotatable bonds is 5. The summed E-state index contributed by atoms with van der Waals surface area (Å²) in [5, 5.41) is 0.587. The van der Waals surface area contributed by atoms with E-state index >= 15 is 0 Å². The molecular weight excluding hydrogens is 252 g/mol. The fourth-order valence-corrected chi connectivity index (χ4v) is 2.14. The second kappa shape index (κ2) is 6.55. The van der Waals surface area contributed by atoms with E-state index in [1.807, 2.05) is 13.8 Å². The first-order valence-electron chi connectivity index (χ1n) is 6.07.